The Morgan fingerprint density at radius 1 is 1.15 bits per heavy atom. The van der Waals surface area contributed by atoms with Crippen molar-refractivity contribution in [3.8, 4) is 17.2 Å². The summed E-state index contributed by atoms with van der Waals surface area (Å²) in [5.41, 5.74) is 11.0. The summed E-state index contributed by atoms with van der Waals surface area (Å²) in [6.07, 6.45) is 5.58. The van der Waals surface area contributed by atoms with Gasteiger partial charge in [0.25, 0.3) is 0 Å². The molecule has 0 radical (unpaired) electrons. The van der Waals surface area contributed by atoms with E-state index in [1.54, 1.807) is 31.7 Å². The van der Waals surface area contributed by atoms with Gasteiger partial charge in [-0.05, 0) is 31.5 Å². The van der Waals surface area contributed by atoms with E-state index in [1.807, 2.05) is 11.5 Å². The van der Waals surface area contributed by atoms with E-state index in [2.05, 4.69) is 15.0 Å². The van der Waals surface area contributed by atoms with E-state index in [9.17, 15) is 4.39 Å². The summed E-state index contributed by atoms with van der Waals surface area (Å²) < 4.78 is 15.7. The molecule has 4 rings (SSSR count). The molecule has 0 unspecified atom stereocenters. The number of imidazole rings is 1. The van der Waals surface area contributed by atoms with Crippen molar-refractivity contribution >= 4 is 5.69 Å². The molecule has 0 amide bonds. The Hall–Kier alpha value is -3.26. The van der Waals surface area contributed by atoms with Gasteiger partial charge in [0.05, 0.1) is 22.8 Å². The number of hydrogen-bond donors (Lipinski definition) is 2. The smallest absolute Gasteiger partial charge is 0.180 e. The zero-order valence-corrected chi connectivity index (χ0v) is 14.4. The predicted molar refractivity (Wildman–Crippen MR) is 96.5 cm³/mol. The number of aryl methyl sites for hydroxylation is 1. The van der Waals surface area contributed by atoms with E-state index in [1.165, 1.54) is 17.1 Å². The molecule has 0 fully saturated rings. The molecule has 0 saturated heterocycles. The van der Waals surface area contributed by atoms with Crippen LogP contribution in [-0.2, 0) is 6.42 Å². The van der Waals surface area contributed by atoms with Gasteiger partial charge in [-0.15, -0.1) is 0 Å². The normalized spacial score (nSPS) is 15.3. The number of hydrogen-bond acceptors (Lipinski definition) is 6. The van der Waals surface area contributed by atoms with E-state index < -0.39 is 0 Å². The molecule has 3 aromatic rings. The number of nitrogens with zero attached hydrogens (tertiary/aromatic N) is 5. The number of rotatable bonds is 1. The van der Waals surface area contributed by atoms with Gasteiger partial charge in [0.2, 0.25) is 0 Å². The van der Waals surface area contributed by atoms with Crippen LogP contribution in [0.2, 0.25) is 0 Å². The maximum absolute atomic E-state index is 13.8. The summed E-state index contributed by atoms with van der Waals surface area (Å²) in [6.45, 7) is 3.69. The van der Waals surface area contributed by atoms with E-state index in [-0.39, 0.29) is 5.82 Å². The predicted octanol–water partition coefficient (Wildman–Crippen LogP) is 2.20. The van der Waals surface area contributed by atoms with E-state index >= 15 is 0 Å². The zero-order chi connectivity index (χ0) is 18.4. The van der Waals surface area contributed by atoms with Gasteiger partial charge in [0, 0.05) is 30.6 Å². The highest BCUT2D eigenvalue weighted by molar-refractivity contribution is 5.70. The van der Waals surface area contributed by atoms with Gasteiger partial charge in [-0.25, -0.2) is 25.2 Å². The molecule has 1 aliphatic rings. The number of hydrazine groups is 1. The fourth-order valence-corrected chi connectivity index (χ4v) is 3.06. The van der Waals surface area contributed by atoms with Crippen LogP contribution in [0.1, 0.15) is 18.2 Å². The molecule has 4 N–H and O–H groups in total. The first-order chi connectivity index (χ1) is 12.5. The quantitative estimate of drug-likeness (QED) is 0.652. The Kier molecular flexibility index (Phi) is 3.69. The molecular formula is C18H18FN7. The molecule has 26 heavy (non-hydrogen) atoms. The number of nitrogens with two attached hydrogens (primary N) is 2. The van der Waals surface area contributed by atoms with Gasteiger partial charge in [-0.3, -0.25) is 9.58 Å². The SMILES string of the molecule is C/C(N)=C1\Cc2c(-c3ncc(C)cn3)ncn2-c2ccc(F)cc2N1N. The summed E-state index contributed by atoms with van der Waals surface area (Å²) >= 11 is 0. The first kappa shape index (κ1) is 16.2. The summed E-state index contributed by atoms with van der Waals surface area (Å²) in [5.74, 6) is 6.42. The van der Waals surface area contributed by atoms with Crippen molar-refractivity contribution in [1.82, 2.24) is 19.5 Å². The maximum atomic E-state index is 13.8. The van der Waals surface area contributed by atoms with Crippen LogP contribution in [0.15, 0.2) is 48.3 Å². The lowest BCUT2D eigenvalue weighted by Gasteiger charge is -2.22. The number of benzene rings is 1. The lowest BCUT2D eigenvalue weighted by atomic mass is 10.1. The minimum absolute atomic E-state index is 0.376. The second kappa shape index (κ2) is 5.92. The molecule has 0 atom stereocenters. The number of halogens is 1. The molecule has 3 heterocycles. The van der Waals surface area contributed by atoms with Crippen LogP contribution < -0.4 is 16.6 Å². The van der Waals surface area contributed by atoms with Gasteiger partial charge in [0.15, 0.2) is 5.82 Å². The summed E-state index contributed by atoms with van der Waals surface area (Å²) in [5, 5.41) is 1.43. The molecule has 8 heteroatoms. The third-order valence-electron chi connectivity index (χ3n) is 4.40. The van der Waals surface area contributed by atoms with Crippen LogP contribution in [0.3, 0.4) is 0 Å². The van der Waals surface area contributed by atoms with Crippen LogP contribution in [0.25, 0.3) is 17.2 Å². The molecule has 0 bridgehead atoms. The van der Waals surface area contributed by atoms with Crippen molar-refractivity contribution in [2.45, 2.75) is 20.3 Å². The minimum Gasteiger partial charge on any atom is -0.401 e. The molecule has 0 aliphatic carbocycles. The highest BCUT2D eigenvalue weighted by Crippen LogP contribution is 2.35. The van der Waals surface area contributed by atoms with Crippen molar-refractivity contribution in [1.29, 1.82) is 0 Å². The molecule has 2 aromatic heterocycles. The molecule has 0 spiro atoms. The summed E-state index contributed by atoms with van der Waals surface area (Å²) in [4.78, 5) is 13.3. The zero-order valence-electron chi connectivity index (χ0n) is 14.4. The van der Waals surface area contributed by atoms with Crippen molar-refractivity contribution in [3.63, 3.8) is 0 Å². The highest BCUT2D eigenvalue weighted by Gasteiger charge is 2.27. The fourth-order valence-electron chi connectivity index (χ4n) is 3.06. The molecule has 0 saturated carbocycles. The van der Waals surface area contributed by atoms with Crippen molar-refractivity contribution in [2.75, 3.05) is 5.01 Å². The van der Waals surface area contributed by atoms with Gasteiger partial charge in [0.1, 0.15) is 17.8 Å². The third-order valence-corrected chi connectivity index (χ3v) is 4.40. The van der Waals surface area contributed by atoms with E-state index in [0.717, 1.165) is 11.3 Å². The molecular weight excluding hydrogens is 333 g/mol. The van der Waals surface area contributed by atoms with Crippen molar-refractivity contribution in [2.24, 2.45) is 11.6 Å². The molecule has 1 aromatic carbocycles. The number of anilines is 1. The Balaban J connectivity index is 1.98. The van der Waals surface area contributed by atoms with Crippen molar-refractivity contribution < 1.29 is 4.39 Å². The highest BCUT2D eigenvalue weighted by atomic mass is 19.1. The van der Waals surface area contributed by atoms with Crippen LogP contribution in [-0.4, -0.2) is 19.5 Å². The first-order valence-electron chi connectivity index (χ1n) is 8.11. The van der Waals surface area contributed by atoms with Gasteiger partial charge < -0.3 is 5.73 Å². The topological polar surface area (TPSA) is 98.9 Å². The van der Waals surface area contributed by atoms with Gasteiger partial charge in [-0.1, -0.05) is 0 Å². The number of allylic oxidation sites excluding steroid dienone is 2. The van der Waals surface area contributed by atoms with Gasteiger partial charge >= 0.3 is 0 Å². The van der Waals surface area contributed by atoms with Crippen LogP contribution in [0.5, 0.6) is 0 Å². The van der Waals surface area contributed by atoms with Crippen molar-refractivity contribution in [3.05, 3.63) is 65.4 Å². The molecule has 7 nitrogen and oxygen atoms in total. The largest absolute Gasteiger partial charge is 0.401 e. The average molecular weight is 351 g/mol. The summed E-state index contributed by atoms with van der Waals surface area (Å²) in [6, 6.07) is 4.45. The fraction of sp³-hybridized carbons (Fsp3) is 0.167. The second-order valence-corrected chi connectivity index (χ2v) is 6.30. The second-order valence-electron chi connectivity index (χ2n) is 6.30. The third kappa shape index (κ3) is 2.51. The monoisotopic (exact) mass is 351 g/mol. The standard InChI is InChI=1S/C18H18FN7/c1-10-7-22-18(23-8-10)17-16-6-14(11(2)20)26(21)15-5-12(19)3-4-13(15)25(16)9-24-17/h3-5,7-9H,6,20-21H2,1-2H3/b14-11-. The van der Waals surface area contributed by atoms with Crippen LogP contribution >= 0.6 is 0 Å². The Labute approximate surface area is 149 Å². The average Bonchev–Trinajstić information content (AvgIpc) is 2.98. The maximum Gasteiger partial charge on any atom is 0.180 e. The van der Waals surface area contributed by atoms with Crippen LogP contribution in [0, 0.1) is 12.7 Å². The van der Waals surface area contributed by atoms with Crippen LogP contribution in [0.4, 0.5) is 10.1 Å². The number of aromatic nitrogens is 4. The van der Waals surface area contributed by atoms with E-state index in [4.69, 9.17) is 11.6 Å². The Bertz CT molecular complexity index is 1020. The Morgan fingerprint density at radius 2 is 1.88 bits per heavy atom. The summed E-state index contributed by atoms with van der Waals surface area (Å²) in [7, 11) is 0. The van der Waals surface area contributed by atoms with E-state index in [0.29, 0.717) is 40.7 Å². The number of fused-ring (bicyclic) bond motifs is 3. The van der Waals surface area contributed by atoms with Gasteiger partial charge in [-0.2, -0.15) is 0 Å². The minimum atomic E-state index is -0.376. The first-order valence-corrected chi connectivity index (χ1v) is 8.11. The lowest BCUT2D eigenvalue weighted by molar-refractivity contribution is 0.627. The Morgan fingerprint density at radius 3 is 2.58 bits per heavy atom. The molecule has 1 aliphatic heterocycles. The molecule has 132 valence electrons. The lowest BCUT2D eigenvalue weighted by Crippen LogP contribution is -2.32.